The predicted molar refractivity (Wildman–Crippen MR) is 155 cm³/mol. The Morgan fingerprint density at radius 1 is 1.00 bits per heavy atom. The molecule has 3 aromatic carbocycles. The summed E-state index contributed by atoms with van der Waals surface area (Å²) >= 11 is 0. The molecule has 0 unspecified atom stereocenters. The summed E-state index contributed by atoms with van der Waals surface area (Å²) in [7, 11) is 4.30. The third-order valence-electron chi connectivity index (χ3n) is 7.61. The average Bonchev–Trinajstić information content (AvgIpc) is 3.53. The van der Waals surface area contributed by atoms with E-state index < -0.39 is 0 Å². The first-order chi connectivity index (χ1) is 18.1. The van der Waals surface area contributed by atoms with Gasteiger partial charge >= 0.3 is 0 Å². The first-order valence-corrected chi connectivity index (χ1v) is 13.4. The van der Waals surface area contributed by atoms with E-state index in [9.17, 15) is 0 Å². The summed E-state index contributed by atoms with van der Waals surface area (Å²) in [4.78, 5) is 13.4. The Balaban J connectivity index is 1.30. The molecule has 6 rings (SSSR count). The number of piperidine rings is 1. The number of nitrogens with zero attached hydrogens (tertiary/aromatic N) is 3. The summed E-state index contributed by atoms with van der Waals surface area (Å²) in [5.74, 6) is 0.917. The number of fused-ring (bicyclic) bond motifs is 2. The van der Waals surface area contributed by atoms with Crippen molar-refractivity contribution < 1.29 is 0 Å². The van der Waals surface area contributed by atoms with Crippen molar-refractivity contribution in [3.8, 4) is 0 Å². The number of hydrogen-bond acceptors (Lipinski definition) is 5. The van der Waals surface area contributed by atoms with Crippen molar-refractivity contribution >= 4 is 33.6 Å². The van der Waals surface area contributed by atoms with Gasteiger partial charge in [0.2, 0.25) is 0 Å². The Morgan fingerprint density at radius 2 is 1.78 bits per heavy atom. The van der Waals surface area contributed by atoms with E-state index in [1.165, 1.54) is 40.9 Å². The van der Waals surface area contributed by atoms with Crippen molar-refractivity contribution in [2.24, 2.45) is 0 Å². The molecular weight excluding hydrogens is 456 g/mol. The normalized spacial score (nSPS) is 17.7. The summed E-state index contributed by atoms with van der Waals surface area (Å²) in [6.45, 7) is 5.38. The molecule has 1 saturated heterocycles. The van der Waals surface area contributed by atoms with Gasteiger partial charge in [0.25, 0.3) is 0 Å². The lowest BCUT2D eigenvalue weighted by Gasteiger charge is -2.33. The van der Waals surface area contributed by atoms with Crippen LogP contribution in [-0.4, -0.2) is 72.6 Å². The molecule has 3 N–H and O–H groups in total. The van der Waals surface area contributed by atoms with Crippen molar-refractivity contribution in [1.29, 1.82) is 0 Å². The molecule has 1 aromatic heterocycles. The molecule has 0 bridgehead atoms. The monoisotopic (exact) mass is 492 g/mol. The number of H-pyrrole nitrogens is 1. The molecule has 2 aliphatic heterocycles. The van der Waals surface area contributed by atoms with Crippen LogP contribution in [0, 0.1) is 0 Å². The highest BCUT2D eigenvalue weighted by Crippen LogP contribution is 2.40. The largest absolute Gasteiger partial charge is 0.382 e. The number of anilines is 2. The first-order valence-electron chi connectivity index (χ1n) is 13.4. The lowest BCUT2D eigenvalue weighted by molar-refractivity contribution is 0.199. The van der Waals surface area contributed by atoms with Crippen molar-refractivity contribution in [3.05, 3.63) is 89.7 Å². The van der Waals surface area contributed by atoms with Gasteiger partial charge in [0, 0.05) is 61.3 Å². The zero-order chi connectivity index (χ0) is 25.2. The molecule has 6 heteroatoms. The van der Waals surface area contributed by atoms with Crippen LogP contribution in [0.1, 0.15) is 29.8 Å². The SMILES string of the molecule is CN(C)CCN1CCC(Nc2ccc3c(c2)C(=C(c2ccccc2)c2nc4ccccc4[nH]2)CN3)CC1. The number of likely N-dealkylation sites (tertiary alicyclic amines) is 1. The molecule has 0 atom stereocenters. The standard InChI is InChI=1S/C31H36N6/c1-36(2)18-19-37-16-14-23(15-17-37)33-24-12-13-27-25(20-24)26(21-32-27)30(22-8-4-3-5-9-22)31-34-28-10-6-7-11-29(28)35-31/h3-13,20,23,32-33H,14-19,21H2,1-2H3,(H,34,35). The van der Waals surface area contributed by atoms with E-state index >= 15 is 0 Å². The van der Waals surface area contributed by atoms with Crippen LogP contribution in [0.4, 0.5) is 11.4 Å². The minimum absolute atomic E-state index is 0.513. The maximum absolute atomic E-state index is 4.99. The summed E-state index contributed by atoms with van der Waals surface area (Å²) in [6.07, 6.45) is 2.36. The van der Waals surface area contributed by atoms with Crippen molar-refractivity contribution in [3.63, 3.8) is 0 Å². The molecule has 4 aromatic rings. The van der Waals surface area contributed by atoms with Gasteiger partial charge in [0.05, 0.1) is 11.0 Å². The third-order valence-corrected chi connectivity index (χ3v) is 7.61. The minimum atomic E-state index is 0.513. The number of rotatable bonds is 7. The van der Waals surface area contributed by atoms with E-state index in [1.807, 2.05) is 6.07 Å². The predicted octanol–water partition coefficient (Wildman–Crippen LogP) is 5.39. The smallest absolute Gasteiger partial charge is 0.139 e. The summed E-state index contributed by atoms with van der Waals surface area (Å²) in [5.41, 5.74) is 9.31. The van der Waals surface area contributed by atoms with Gasteiger partial charge in [-0.1, -0.05) is 42.5 Å². The van der Waals surface area contributed by atoms with Gasteiger partial charge in [-0.05, 0) is 68.4 Å². The highest BCUT2D eigenvalue weighted by atomic mass is 15.2. The lowest BCUT2D eigenvalue weighted by Crippen LogP contribution is -2.41. The number of aromatic nitrogens is 2. The fraction of sp³-hybridized carbons (Fsp3) is 0.323. The fourth-order valence-corrected chi connectivity index (χ4v) is 5.55. The van der Waals surface area contributed by atoms with E-state index in [2.05, 4.69) is 106 Å². The second-order valence-electron chi connectivity index (χ2n) is 10.5. The minimum Gasteiger partial charge on any atom is -0.382 e. The highest BCUT2D eigenvalue weighted by Gasteiger charge is 2.25. The van der Waals surface area contributed by atoms with Gasteiger partial charge in [-0.2, -0.15) is 0 Å². The number of nitrogens with one attached hydrogen (secondary N) is 3. The van der Waals surface area contributed by atoms with Gasteiger partial charge in [0.15, 0.2) is 0 Å². The molecule has 190 valence electrons. The molecule has 3 heterocycles. The molecule has 0 amide bonds. The lowest BCUT2D eigenvalue weighted by atomic mass is 9.94. The molecule has 0 spiro atoms. The van der Waals surface area contributed by atoms with Gasteiger partial charge < -0.3 is 25.4 Å². The van der Waals surface area contributed by atoms with Crippen LogP contribution in [0.15, 0.2) is 72.8 Å². The zero-order valence-electron chi connectivity index (χ0n) is 21.8. The van der Waals surface area contributed by atoms with Crippen LogP contribution < -0.4 is 10.6 Å². The molecule has 0 saturated carbocycles. The van der Waals surface area contributed by atoms with Gasteiger partial charge in [-0.15, -0.1) is 0 Å². The molecular formula is C31H36N6. The topological polar surface area (TPSA) is 59.2 Å². The Labute approximate surface area is 219 Å². The van der Waals surface area contributed by atoms with Crippen molar-refractivity contribution in [1.82, 2.24) is 19.8 Å². The van der Waals surface area contributed by atoms with Crippen LogP contribution in [0.2, 0.25) is 0 Å². The molecule has 6 nitrogen and oxygen atoms in total. The van der Waals surface area contributed by atoms with Crippen LogP contribution >= 0.6 is 0 Å². The van der Waals surface area contributed by atoms with E-state index in [1.54, 1.807) is 0 Å². The van der Waals surface area contributed by atoms with E-state index in [0.29, 0.717) is 6.04 Å². The Bertz CT molecular complexity index is 1360. The second-order valence-corrected chi connectivity index (χ2v) is 10.5. The zero-order valence-corrected chi connectivity index (χ0v) is 21.8. The summed E-state index contributed by atoms with van der Waals surface area (Å²) in [6, 6.07) is 26.2. The molecule has 37 heavy (non-hydrogen) atoms. The van der Waals surface area contributed by atoms with Crippen LogP contribution in [0.5, 0.6) is 0 Å². The number of benzene rings is 3. The Kier molecular flexibility index (Phi) is 6.68. The first kappa shape index (κ1) is 23.8. The van der Waals surface area contributed by atoms with Gasteiger partial charge in [-0.25, -0.2) is 4.98 Å². The third kappa shape index (κ3) is 5.13. The van der Waals surface area contributed by atoms with Crippen molar-refractivity contribution in [2.45, 2.75) is 18.9 Å². The number of imidazole rings is 1. The number of aromatic amines is 1. The fourth-order valence-electron chi connectivity index (χ4n) is 5.55. The maximum Gasteiger partial charge on any atom is 0.139 e. The Morgan fingerprint density at radius 3 is 2.57 bits per heavy atom. The van der Waals surface area contributed by atoms with E-state index in [0.717, 1.165) is 55.2 Å². The van der Waals surface area contributed by atoms with Gasteiger partial charge in [0.1, 0.15) is 5.82 Å². The van der Waals surface area contributed by atoms with E-state index in [4.69, 9.17) is 4.98 Å². The number of likely N-dealkylation sites (N-methyl/N-ethyl adjacent to an activating group) is 1. The number of hydrogen-bond donors (Lipinski definition) is 3. The van der Waals surface area contributed by atoms with Crippen LogP contribution in [-0.2, 0) is 0 Å². The number of para-hydroxylation sites is 2. The molecule has 2 aliphatic rings. The van der Waals surface area contributed by atoms with Crippen molar-refractivity contribution in [2.75, 3.05) is 57.5 Å². The van der Waals surface area contributed by atoms with Crippen LogP contribution in [0.25, 0.3) is 22.2 Å². The molecule has 1 fully saturated rings. The highest BCUT2D eigenvalue weighted by molar-refractivity contribution is 6.04. The summed E-state index contributed by atoms with van der Waals surface area (Å²) in [5, 5.41) is 7.47. The molecule has 0 aliphatic carbocycles. The Hall–Kier alpha value is -3.61. The maximum atomic E-state index is 4.99. The van der Waals surface area contributed by atoms with Gasteiger partial charge in [-0.3, -0.25) is 0 Å². The quantitative estimate of drug-likeness (QED) is 0.323. The van der Waals surface area contributed by atoms with Crippen LogP contribution in [0.3, 0.4) is 0 Å². The average molecular weight is 493 g/mol. The summed E-state index contributed by atoms with van der Waals surface area (Å²) < 4.78 is 0. The van der Waals surface area contributed by atoms with E-state index in [-0.39, 0.29) is 0 Å². The molecule has 0 radical (unpaired) electrons. The second kappa shape index (κ2) is 10.4.